The summed E-state index contributed by atoms with van der Waals surface area (Å²) in [6.45, 7) is 10.8. The van der Waals surface area contributed by atoms with Crippen molar-refractivity contribution < 1.29 is 5.11 Å². The van der Waals surface area contributed by atoms with E-state index < -0.39 is 0 Å². The molecule has 0 atom stereocenters. The van der Waals surface area contributed by atoms with Crippen LogP contribution in [0.5, 0.6) is 0 Å². The van der Waals surface area contributed by atoms with Gasteiger partial charge in [-0.15, -0.1) is 0 Å². The van der Waals surface area contributed by atoms with E-state index in [0.717, 1.165) is 26.2 Å². The van der Waals surface area contributed by atoms with E-state index in [0.29, 0.717) is 0 Å². The van der Waals surface area contributed by atoms with Crippen LogP contribution in [0.1, 0.15) is 52.9 Å². The molecule has 0 fully saturated rings. The highest BCUT2D eigenvalue weighted by Gasteiger charge is 2.14. The van der Waals surface area contributed by atoms with E-state index in [1.54, 1.807) is 0 Å². The molecule has 0 heterocycles. The maximum Gasteiger partial charge on any atom is 0.0558 e. The van der Waals surface area contributed by atoms with Crippen LogP contribution in [0.25, 0.3) is 0 Å². The van der Waals surface area contributed by atoms with Gasteiger partial charge in [0.15, 0.2) is 0 Å². The molecule has 0 saturated carbocycles. The van der Waals surface area contributed by atoms with Crippen LogP contribution in [-0.2, 0) is 0 Å². The molecule has 17 heavy (non-hydrogen) atoms. The Morgan fingerprint density at radius 3 is 2.24 bits per heavy atom. The third-order valence-corrected chi connectivity index (χ3v) is 3.37. The average molecular weight is 244 g/mol. The highest BCUT2D eigenvalue weighted by molar-refractivity contribution is 4.69. The van der Waals surface area contributed by atoms with Gasteiger partial charge in [0, 0.05) is 6.54 Å². The van der Waals surface area contributed by atoms with Crippen molar-refractivity contribution >= 4 is 0 Å². The molecule has 0 aromatic carbocycles. The summed E-state index contributed by atoms with van der Waals surface area (Å²) in [6.07, 6.45) is 6.10. The van der Waals surface area contributed by atoms with E-state index in [-0.39, 0.29) is 12.0 Å². The second-order valence-electron chi connectivity index (χ2n) is 5.74. The molecule has 0 spiro atoms. The van der Waals surface area contributed by atoms with E-state index >= 15 is 0 Å². The fourth-order valence-corrected chi connectivity index (χ4v) is 1.90. The standard InChI is InChI=1S/C14H32N2O/c1-4-5-9-16(11-12-17)10-7-6-8-14(2,3)13-15/h17H,4-13,15H2,1-3H3. The van der Waals surface area contributed by atoms with E-state index in [1.165, 1.54) is 32.1 Å². The second kappa shape index (κ2) is 9.86. The van der Waals surface area contributed by atoms with Gasteiger partial charge in [-0.1, -0.05) is 33.6 Å². The summed E-state index contributed by atoms with van der Waals surface area (Å²) < 4.78 is 0. The summed E-state index contributed by atoms with van der Waals surface area (Å²) in [7, 11) is 0. The van der Waals surface area contributed by atoms with Crippen LogP contribution in [0.2, 0.25) is 0 Å². The van der Waals surface area contributed by atoms with Crippen LogP contribution in [0.3, 0.4) is 0 Å². The van der Waals surface area contributed by atoms with Crippen molar-refractivity contribution in [3.63, 3.8) is 0 Å². The van der Waals surface area contributed by atoms with Gasteiger partial charge in [-0.3, -0.25) is 0 Å². The number of aliphatic hydroxyl groups excluding tert-OH is 1. The van der Waals surface area contributed by atoms with Gasteiger partial charge < -0.3 is 15.7 Å². The first kappa shape index (κ1) is 16.9. The minimum absolute atomic E-state index is 0.276. The van der Waals surface area contributed by atoms with Crippen LogP contribution in [0.4, 0.5) is 0 Å². The predicted molar refractivity (Wildman–Crippen MR) is 75.1 cm³/mol. The van der Waals surface area contributed by atoms with E-state index in [4.69, 9.17) is 10.8 Å². The summed E-state index contributed by atoms with van der Waals surface area (Å²) in [4.78, 5) is 2.37. The molecule has 0 aliphatic rings. The molecule has 0 bridgehead atoms. The maximum absolute atomic E-state index is 9.00. The van der Waals surface area contributed by atoms with Crippen LogP contribution >= 0.6 is 0 Å². The fourth-order valence-electron chi connectivity index (χ4n) is 1.90. The van der Waals surface area contributed by atoms with Gasteiger partial charge in [0.05, 0.1) is 6.61 Å². The number of nitrogens with two attached hydrogens (primary N) is 1. The molecule has 0 radical (unpaired) electrons. The minimum Gasteiger partial charge on any atom is -0.395 e. The molecule has 0 unspecified atom stereocenters. The molecule has 3 nitrogen and oxygen atoms in total. The Bertz CT molecular complexity index is 172. The SMILES string of the molecule is CCCCN(CCO)CCCCC(C)(C)CN. The molecular weight excluding hydrogens is 212 g/mol. The van der Waals surface area contributed by atoms with Crippen LogP contribution in [-0.4, -0.2) is 42.8 Å². The number of hydrogen-bond donors (Lipinski definition) is 2. The first-order valence-electron chi connectivity index (χ1n) is 7.09. The topological polar surface area (TPSA) is 49.5 Å². The Labute approximate surface area is 107 Å². The predicted octanol–water partition coefficient (Wildman–Crippen LogP) is 2.24. The zero-order chi connectivity index (χ0) is 13.1. The second-order valence-corrected chi connectivity index (χ2v) is 5.74. The number of unbranched alkanes of at least 4 members (excludes halogenated alkanes) is 2. The highest BCUT2D eigenvalue weighted by Crippen LogP contribution is 2.21. The zero-order valence-corrected chi connectivity index (χ0v) is 12.0. The van der Waals surface area contributed by atoms with Gasteiger partial charge >= 0.3 is 0 Å². The van der Waals surface area contributed by atoms with Gasteiger partial charge in [-0.25, -0.2) is 0 Å². The van der Waals surface area contributed by atoms with Crippen molar-refractivity contribution in [2.45, 2.75) is 52.9 Å². The van der Waals surface area contributed by atoms with Crippen LogP contribution in [0, 0.1) is 5.41 Å². The van der Waals surface area contributed by atoms with Crippen molar-refractivity contribution in [3.05, 3.63) is 0 Å². The summed E-state index contributed by atoms with van der Waals surface area (Å²) in [5, 5.41) is 9.00. The maximum atomic E-state index is 9.00. The highest BCUT2D eigenvalue weighted by atomic mass is 16.3. The number of rotatable bonds is 11. The Kier molecular flexibility index (Phi) is 9.79. The molecule has 0 rings (SSSR count). The number of nitrogens with zero attached hydrogens (tertiary/aromatic N) is 1. The first-order valence-corrected chi connectivity index (χ1v) is 7.09. The van der Waals surface area contributed by atoms with Crippen LogP contribution in [0.15, 0.2) is 0 Å². The summed E-state index contributed by atoms with van der Waals surface area (Å²) in [5.74, 6) is 0. The van der Waals surface area contributed by atoms with Crippen molar-refractivity contribution in [2.24, 2.45) is 11.1 Å². The molecule has 0 amide bonds. The molecule has 0 aliphatic carbocycles. The Morgan fingerprint density at radius 2 is 1.71 bits per heavy atom. The molecule has 104 valence electrons. The summed E-state index contributed by atoms with van der Waals surface area (Å²) in [5.41, 5.74) is 6.00. The molecule has 0 aromatic heterocycles. The molecule has 0 aromatic rings. The van der Waals surface area contributed by atoms with Crippen molar-refractivity contribution in [2.75, 3.05) is 32.8 Å². The van der Waals surface area contributed by atoms with E-state index in [9.17, 15) is 0 Å². The number of aliphatic hydroxyl groups is 1. The summed E-state index contributed by atoms with van der Waals surface area (Å²) in [6, 6.07) is 0. The van der Waals surface area contributed by atoms with Gasteiger partial charge in [-0.2, -0.15) is 0 Å². The minimum atomic E-state index is 0.276. The Balaban J connectivity index is 3.66. The van der Waals surface area contributed by atoms with E-state index in [1.807, 2.05) is 0 Å². The van der Waals surface area contributed by atoms with E-state index in [2.05, 4.69) is 25.7 Å². The quantitative estimate of drug-likeness (QED) is 0.548. The van der Waals surface area contributed by atoms with Gasteiger partial charge in [0.1, 0.15) is 0 Å². The lowest BCUT2D eigenvalue weighted by Gasteiger charge is -2.24. The first-order chi connectivity index (χ1) is 8.05. The Morgan fingerprint density at radius 1 is 1.06 bits per heavy atom. The lowest BCUT2D eigenvalue weighted by Crippen LogP contribution is -2.29. The lowest BCUT2D eigenvalue weighted by atomic mass is 9.87. The molecule has 3 heteroatoms. The average Bonchev–Trinajstić information content (AvgIpc) is 2.31. The van der Waals surface area contributed by atoms with Crippen molar-refractivity contribution in [1.29, 1.82) is 0 Å². The molecule has 3 N–H and O–H groups in total. The summed E-state index contributed by atoms with van der Waals surface area (Å²) >= 11 is 0. The van der Waals surface area contributed by atoms with Gasteiger partial charge in [0.25, 0.3) is 0 Å². The molecule has 0 saturated heterocycles. The zero-order valence-electron chi connectivity index (χ0n) is 12.0. The number of hydrogen-bond acceptors (Lipinski definition) is 3. The third kappa shape index (κ3) is 9.57. The Hall–Kier alpha value is -0.120. The lowest BCUT2D eigenvalue weighted by molar-refractivity contribution is 0.188. The molecular formula is C14H32N2O. The van der Waals surface area contributed by atoms with Gasteiger partial charge in [0.2, 0.25) is 0 Å². The fraction of sp³-hybridized carbons (Fsp3) is 1.00. The van der Waals surface area contributed by atoms with Crippen LogP contribution < -0.4 is 5.73 Å². The van der Waals surface area contributed by atoms with Gasteiger partial charge in [-0.05, 0) is 44.3 Å². The van der Waals surface area contributed by atoms with Crippen molar-refractivity contribution in [1.82, 2.24) is 4.90 Å². The normalized spacial score (nSPS) is 12.4. The largest absolute Gasteiger partial charge is 0.395 e. The smallest absolute Gasteiger partial charge is 0.0558 e. The molecule has 0 aliphatic heterocycles. The monoisotopic (exact) mass is 244 g/mol. The third-order valence-electron chi connectivity index (χ3n) is 3.37. The van der Waals surface area contributed by atoms with Crippen molar-refractivity contribution in [3.8, 4) is 0 Å².